The van der Waals surface area contributed by atoms with Crippen LogP contribution in [0.15, 0.2) is 60.9 Å². The van der Waals surface area contributed by atoms with Crippen LogP contribution < -0.4 is 10.6 Å². The number of carbonyl (C=O) groups excluding carboxylic acids is 1. The molecule has 4 nitrogen and oxygen atoms in total. The molecular formula is C20H17F2N3O. The van der Waals surface area contributed by atoms with E-state index in [1.54, 1.807) is 12.3 Å². The van der Waals surface area contributed by atoms with Crippen LogP contribution in [0.25, 0.3) is 0 Å². The van der Waals surface area contributed by atoms with E-state index in [9.17, 15) is 13.6 Å². The van der Waals surface area contributed by atoms with Crippen LogP contribution in [0.5, 0.6) is 0 Å². The molecule has 2 aromatic carbocycles. The summed E-state index contributed by atoms with van der Waals surface area (Å²) in [5.74, 6) is -2.08. The van der Waals surface area contributed by atoms with Gasteiger partial charge in [-0.25, -0.2) is 8.78 Å². The molecule has 1 amide bonds. The fraction of sp³-hybridized carbons (Fsp3) is 0.100. The van der Waals surface area contributed by atoms with Gasteiger partial charge in [0, 0.05) is 18.0 Å². The van der Waals surface area contributed by atoms with Crippen LogP contribution in [0.2, 0.25) is 0 Å². The first kappa shape index (κ1) is 17.5. The second kappa shape index (κ2) is 7.74. The molecule has 0 fully saturated rings. The van der Waals surface area contributed by atoms with Crippen LogP contribution >= 0.6 is 0 Å². The third kappa shape index (κ3) is 4.22. The van der Waals surface area contributed by atoms with Crippen LogP contribution in [-0.4, -0.2) is 10.9 Å². The van der Waals surface area contributed by atoms with Crippen molar-refractivity contribution in [1.29, 1.82) is 0 Å². The Morgan fingerprint density at radius 2 is 1.77 bits per heavy atom. The Morgan fingerprint density at radius 1 is 1.00 bits per heavy atom. The molecule has 26 heavy (non-hydrogen) atoms. The van der Waals surface area contributed by atoms with Gasteiger partial charge in [-0.2, -0.15) is 0 Å². The molecule has 3 rings (SSSR count). The highest BCUT2D eigenvalue weighted by atomic mass is 19.1. The maximum absolute atomic E-state index is 13.7. The Hall–Kier alpha value is -3.28. The number of aromatic nitrogens is 1. The van der Waals surface area contributed by atoms with Gasteiger partial charge in [0.1, 0.15) is 11.6 Å². The van der Waals surface area contributed by atoms with Crippen molar-refractivity contribution >= 4 is 23.0 Å². The summed E-state index contributed by atoms with van der Waals surface area (Å²) in [6.07, 6.45) is 3.92. The molecule has 6 heteroatoms. The summed E-state index contributed by atoms with van der Waals surface area (Å²) in [5, 5.41) is 5.58. The highest BCUT2D eigenvalue weighted by Gasteiger charge is 2.11. The lowest BCUT2D eigenvalue weighted by Crippen LogP contribution is -2.13. The summed E-state index contributed by atoms with van der Waals surface area (Å²) in [7, 11) is 0. The van der Waals surface area contributed by atoms with Crippen molar-refractivity contribution in [2.24, 2.45) is 0 Å². The molecule has 0 aliphatic heterocycles. The number of hydrogen-bond donors (Lipinski definition) is 2. The summed E-state index contributed by atoms with van der Waals surface area (Å²) < 4.78 is 26.6. The van der Waals surface area contributed by atoms with Crippen molar-refractivity contribution in [2.75, 3.05) is 10.6 Å². The average Bonchev–Trinajstić information content (AvgIpc) is 2.65. The van der Waals surface area contributed by atoms with E-state index in [1.165, 1.54) is 17.8 Å². The maximum Gasteiger partial charge on any atom is 0.257 e. The topological polar surface area (TPSA) is 54.0 Å². The molecule has 0 bridgehead atoms. The molecule has 1 aromatic heterocycles. The van der Waals surface area contributed by atoms with Gasteiger partial charge in [-0.05, 0) is 42.3 Å². The Bertz CT molecular complexity index is 927. The summed E-state index contributed by atoms with van der Waals surface area (Å²) in [5.41, 5.74) is 2.88. The Morgan fingerprint density at radius 3 is 2.46 bits per heavy atom. The third-order valence-corrected chi connectivity index (χ3v) is 3.83. The quantitative estimate of drug-likeness (QED) is 0.685. The van der Waals surface area contributed by atoms with E-state index in [0.717, 1.165) is 18.2 Å². The molecule has 0 aliphatic rings. The first-order valence-electron chi connectivity index (χ1n) is 8.12. The fourth-order valence-corrected chi connectivity index (χ4v) is 2.41. The standard InChI is InChI=1S/C20H17F2N3O/c1-2-13-3-6-16(7-4-13)24-17-9-14(11-23-12-17)20(26)25-19-8-5-15(21)10-18(19)22/h3-12,24H,2H2,1H3,(H,25,26). The number of carbonyl (C=O) groups is 1. The van der Waals surface area contributed by atoms with Gasteiger partial charge in [0.2, 0.25) is 0 Å². The zero-order chi connectivity index (χ0) is 18.5. The molecule has 2 N–H and O–H groups in total. The molecule has 132 valence electrons. The third-order valence-electron chi connectivity index (χ3n) is 3.83. The smallest absolute Gasteiger partial charge is 0.257 e. The van der Waals surface area contributed by atoms with Crippen LogP contribution in [0.4, 0.5) is 25.8 Å². The molecule has 0 radical (unpaired) electrons. The van der Waals surface area contributed by atoms with Gasteiger partial charge in [-0.1, -0.05) is 19.1 Å². The summed E-state index contributed by atoms with van der Waals surface area (Å²) in [6.45, 7) is 2.08. The first-order valence-corrected chi connectivity index (χ1v) is 8.12. The summed E-state index contributed by atoms with van der Waals surface area (Å²) >= 11 is 0. The Balaban J connectivity index is 1.74. The lowest BCUT2D eigenvalue weighted by Gasteiger charge is -2.09. The summed E-state index contributed by atoms with van der Waals surface area (Å²) in [6, 6.07) is 12.5. The predicted molar refractivity (Wildman–Crippen MR) is 97.7 cm³/mol. The van der Waals surface area contributed by atoms with E-state index >= 15 is 0 Å². The highest BCUT2D eigenvalue weighted by Crippen LogP contribution is 2.19. The SMILES string of the molecule is CCc1ccc(Nc2cncc(C(=O)Nc3ccc(F)cc3F)c2)cc1. The first-order chi connectivity index (χ1) is 12.5. The number of halogens is 2. The van der Waals surface area contributed by atoms with E-state index < -0.39 is 17.5 Å². The minimum Gasteiger partial charge on any atom is -0.354 e. The van der Waals surface area contributed by atoms with Crippen LogP contribution in [0.3, 0.4) is 0 Å². The number of rotatable bonds is 5. The zero-order valence-corrected chi connectivity index (χ0v) is 14.1. The molecular weight excluding hydrogens is 336 g/mol. The van der Waals surface area contributed by atoms with Gasteiger partial charge < -0.3 is 10.6 Å². The second-order valence-electron chi connectivity index (χ2n) is 5.72. The average molecular weight is 353 g/mol. The van der Waals surface area contributed by atoms with Gasteiger partial charge in [0.15, 0.2) is 0 Å². The van der Waals surface area contributed by atoms with Gasteiger partial charge in [0.25, 0.3) is 5.91 Å². The Labute approximate surface area is 149 Å². The zero-order valence-electron chi connectivity index (χ0n) is 14.1. The molecule has 0 spiro atoms. The van der Waals surface area contributed by atoms with Gasteiger partial charge in [-0.3, -0.25) is 9.78 Å². The molecule has 0 aliphatic carbocycles. The second-order valence-corrected chi connectivity index (χ2v) is 5.72. The van der Waals surface area contributed by atoms with E-state index in [-0.39, 0.29) is 11.3 Å². The number of hydrogen-bond acceptors (Lipinski definition) is 3. The van der Waals surface area contributed by atoms with Crippen molar-refractivity contribution < 1.29 is 13.6 Å². The maximum atomic E-state index is 13.7. The fourth-order valence-electron chi connectivity index (χ4n) is 2.41. The summed E-state index contributed by atoms with van der Waals surface area (Å²) in [4.78, 5) is 16.3. The van der Waals surface area contributed by atoms with Gasteiger partial charge in [0.05, 0.1) is 23.1 Å². The number of nitrogens with zero attached hydrogens (tertiary/aromatic N) is 1. The van der Waals surface area contributed by atoms with E-state index in [0.29, 0.717) is 11.8 Å². The number of pyridine rings is 1. The largest absolute Gasteiger partial charge is 0.354 e. The molecule has 0 unspecified atom stereocenters. The number of nitrogens with one attached hydrogen (secondary N) is 2. The molecule has 0 saturated heterocycles. The number of amides is 1. The Kier molecular flexibility index (Phi) is 5.22. The number of aryl methyl sites for hydroxylation is 1. The normalized spacial score (nSPS) is 10.4. The van der Waals surface area contributed by atoms with E-state index in [2.05, 4.69) is 22.5 Å². The molecule has 3 aromatic rings. The van der Waals surface area contributed by atoms with Crippen molar-refractivity contribution in [3.63, 3.8) is 0 Å². The van der Waals surface area contributed by atoms with Crippen molar-refractivity contribution in [3.8, 4) is 0 Å². The van der Waals surface area contributed by atoms with E-state index in [1.807, 2.05) is 24.3 Å². The molecule has 0 saturated carbocycles. The molecule has 0 atom stereocenters. The highest BCUT2D eigenvalue weighted by molar-refractivity contribution is 6.04. The number of anilines is 3. The monoisotopic (exact) mass is 353 g/mol. The number of benzene rings is 2. The van der Waals surface area contributed by atoms with E-state index in [4.69, 9.17) is 0 Å². The van der Waals surface area contributed by atoms with Crippen molar-refractivity contribution in [3.05, 3.63) is 83.7 Å². The lowest BCUT2D eigenvalue weighted by molar-refractivity contribution is 0.102. The van der Waals surface area contributed by atoms with Crippen LogP contribution in [0, 0.1) is 11.6 Å². The van der Waals surface area contributed by atoms with Crippen LogP contribution in [0.1, 0.15) is 22.8 Å². The van der Waals surface area contributed by atoms with Crippen molar-refractivity contribution in [1.82, 2.24) is 4.98 Å². The lowest BCUT2D eigenvalue weighted by atomic mass is 10.1. The van der Waals surface area contributed by atoms with Gasteiger partial charge in [-0.15, -0.1) is 0 Å². The minimum absolute atomic E-state index is 0.0927. The van der Waals surface area contributed by atoms with Gasteiger partial charge >= 0.3 is 0 Å². The van der Waals surface area contributed by atoms with Crippen molar-refractivity contribution in [2.45, 2.75) is 13.3 Å². The van der Waals surface area contributed by atoms with Crippen LogP contribution in [-0.2, 0) is 6.42 Å². The molecule has 1 heterocycles. The minimum atomic E-state index is -0.836. The predicted octanol–water partition coefficient (Wildman–Crippen LogP) is 4.92.